The van der Waals surface area contributed by atoms with Crippen molar-refractivity contribution in [3.63, 3.8) is 0 Å². The van der Waals surface area contributed by atoms with E-state index in [2.05, 4.69) is 6.07 Å². The lowest BCUT2D eigenvalue weighted by atomic mass is 10.0. The minimum Gasteiger partial charge on any atom is -0.352 e. The van der Waals surface area contributed by atoms with Crippen molar-refractivity contribution in [3.05, 3.63) is 119 Å². The van der Waals surface area contributed by atoms with Crippen molar-refractivity contribution in [2.45, 2.75) is 6.54 Å². The molecule has 0 amide bonds. The minimum absolute atomic E-state index is 0.176. The Hall–Kier alpha value is -4.17. The van der Waals surface area contributed by atoms with Gasteiger partial charge in [-0.15, -0.1) is 0 Å². The fraction of sp³-hybridized carbons (Fsp3) is 0.115. The van der Waals surface area contributed by atoms with Crippen LogP contribution in [0.15, 0.2) is 96.3 Å². The Labute approximate surface area is 181 Å². The lowest BCUT2D eigenvalue weighted by molar-refractivity contribution is 0.0976. The van der Waals surface area contributed by atoms with E-state index in [0.717, 1.165) is 5.56 Å². The van der Waals surface area contributed by atoms with Gasteiger partial charge in [-0.25, -0.2) is 0 Å². The van der Waals surface area contributed by atoms with Crippen LogP contribution in [0.3, 0.4) is 0 Å². The van der Waals surface area contributed by atoms with Crippen LogP contribution in [0.4, 0.5) is 0 Å². The van der Waals surface area contributed by atoms with Crippen LogP contribution in [0.25, 0.3) is 0 Å². The van der Waals surface area contributed by atoms with Gasteiger partial charge >= 0.3 is 0 Å². The second-order valence-corrected chi connectivity index (χ2v) is 7.43. The first-order chi connectivity index (χ1) is 15.1. The molecule has 0 aromatic heterocycles. The molecule has 0 unspecified atom stereocenters. The van der Waals surface area contributed by atoms with Gasteiger partial charge in [-0.1, -0.05) is 72.8 Å². The summed E-state index contributed by atoms with van der Waals surface area (Å²) in [7, 11) is 1.83. The van der Waals surface area contributed by atoms with E-state index in [-0.39, 0.29) is 11.6 Å². The average molecular weight is 407 g/mol. The van der Waals surface area contributed by atoms with Crippen LogP contribution in [-0.4, -0.2) is 35.1 Å². The number of ketones is 2. The second-order valence-electron chi connectivity index (χ2n) is 7.43. The molecule has 4 rings (SSSR count). The number of carbonyl (C=O) groups is 2. The van der Waals surface area contributed by atoms with Crippen molar-refractivity contribution >= 4 is 11.6 Å². The smallest absolute Gasteiger partial charge is 0.211 e. The molecule has 0 fully saturated rings. The minimum atomic E-state index is -0.183. The third-order valence-electron chi connectivity index (χ3n) is 5.26. The maximum atomic E-state index is 13.5. The maximum absolute atomic E-state index is 13.5. The normalized spacial score (nSPS) is 13.3. The van der Waals surface area contributed by atoms with E-state index in [0.29, 0.717) is 41.3 Å². The molecule has 0 spiro atoms. The van der Waals surface area contributed by atoms with Crippen LogP contribution < -0.4 is 0 Å². The van der Waals surface area contributed by atoms with Crippen molar-refractivity contribution in [2.75, 3.05) is 13.7 Å². The lowest BCUT2D eigenvalue weighted by Crippen LogP contribution is -2.27. The molecule has 3 aromatic rings. The van der Waals surface area contributed by atoms with E-state index in [1.165, 1.54) is 0 Å². The van der Waals surface area contributed by atoms with Gasteiger partial charge in [0.05, 0.1) is 18.3 Å². The van der Waals surface area contributed by atoms with Crippen molar-refractivity contribution in [1.82, 2.24) is 9.80 Å². The molecular weight excluding hydrogens is 386 g/mol. The van der Waals surface area contributed by atoms with Gasteiger partial charge in [0.25, 0.3) is 0 Å². The monoisotopic (exact) mass is 407 g/mol. The molecule has 152 valence electrons. The summed E-state index contributed by atoms with van der Waals surface area (Å²) in [6.45, 7) is 0.872. The van der Waals surface area contributed by atoms with Gasteiger partial charge in [0.15, 0.2) is 0 Å². The van der Waals surface area contributed by atoms with Gasteiger partial charge < -0.3 is 9.80 Å². The van der Waals surface area contributed by atoms with E-state index < -0.39 is 0 Å². The van der Waals surface area contributed by atoms with E-state index in [1.54, 1.807) is 36.4 Å². The number of nitrogens with zero attached hydrogens (tertiary/aromatic N) is 3. The summed E-state index contributed by atoms with van der Waals surface area (Å²) in [5.41, 5.74) is 3.41. The topological polar surface area (TPSA) is 64.4 Å². The standard InChI is InChI=1S/C26H21N3O2/c1-28-18-29(17-20-14-12-19(16-27)13-15-20)24(26(31)22-10-6-3-7-11-22)23(28)25(30)21-8-4-2-5-9-21/h2-15H,17-18H2,1H3. The third kappa shape index (κ3) is 4.10. The molecule has 0 radical (unpaired) electrons. The Morgan fingerprint density at radius 3 is 1.84 bits per heavy atom. The molecule has 0 aliphatic carbocycles. The molecule has 1 aliphatic heterocycles. The number of hydrogen-bond acceptors (Lipinski definition) is 5. The Bertz CT molecular complexity index is 1180. The van der Waals surface area contributed by atoms with E-state index in [9.17, 15) is 9.59 Å². The van der Waals surface area contributed by atoms with Crippen molar-refractivity contribution in [3.8, 4) is 6.07 Å². The molecule has 0 saturated heterocycles. The summed E-state index contributed by atoms with van der Waals surface area (Å²) >= 11 is 0. The molecule has 0 saturated carbocycles. The first-order valence-corrected chi connectivity index (χ1v) is 9.97. The molecule has 1 heterocycles. The summed E-state index contributed by atoms with van der Waals surface area (Å²) in [5.74, 6) is -0.359. The van der Waals surface area contributed by atoms with Crippen LogP contribution in [0, 0.1) is 11.3 Å². The lowest BCUT2D eigenvalue weighted by Gasteiger charge is -2.22. The number of allylic oxidation sites excluding steroid dienone is 2. The van der Waals surface area contributed by atoms with Gasteiger partial charge in [-0.3, -0.25) is 9.59 Å². The van der Waals surface area contributed by atoms with E-state index >= 15 is 0 Å². The predicted octanol–water partition coefficient (Wildman–Crippen LogP) is 4.24. The number of hydrogen-bond donors (Lipinski definition) is 0. The third-order valence-corrected chi connectivity index (χ3v) is 5.26. The second kappa shape index (κ2) is 8.68. The zero-order valence-electron chi connectivity index (χ0n) is 17.2. The largest absolute Gasteiger partial charge is 0.352 e. The molecule has 0 bridgehead atoms. The SMILES string of the molecule is CN1CN(Cc2ccc(C#N)cc2)C(C(=O)c2ccccc2)=C1C(=O)c1ccccc1. The highest BCUT2D eigenvalue weighted by Crippen LogP contribution is 2.30. The summed E-state index contributed by atoms with van der Waals surface area (Å²) in [6.07, 6.45) is 0. The van der Waals surface area contributed by atoms with Gasteiger partial charge in [0.2, 0.25) is 11.6 Å². The number of likely N-dealkylation sites (N-methyl/N-ethyl adjacent to an activating group) is 1. The molecule has 0 atom stereocenters. The molecule has 1 aliphatic rings. The number of carbonyl (C=O) groups excluding carboxylic acids is 2. The number of nitriles is 1. The summed E-state index contributed by atoms with van der Waals surface area (Å²) < 4.78 is 0. The summed E-state index contributed by atoms with van der Waals surface area (Å²) in [6, 6.07) is 27.4. The molecule has 0 N–H and O–H groups in total. The van der Waals surface area contributed by atoms with Crippen LogP contribution in [0.5, 0.6) is 0 Å². The van der Waals surface area contributed by atoms with Crippen LogP contribution in [0.1, 0.15) is 31.8 Å². The Balaban J connectivity index is 1.77. The Morgan fingerprint density at radius 2 is 1.32 bits per heavy atom. The number of benzene rings is 3. The molecule has 3 aromatic carbocycles. The van der Waals surface area contributed by atoms with E-state index in [1.807, 2.05) is 65.4 Å². The van der Waals surface area contributed by atoms with Gasteiger partial charge in [-0.2, -0.15) is 5.26 Å². The van der Waals surface area contributed by atoms with Gasteiger partial charge in [-0.05, 0) is 17.7 Å². The van der Waals surface area contributed by atoms with Crippen molar-refractivity contribution in [2.24, 2.45) is 0 Å². The van der Waals surface area contributed by atoms with Crippen molar-refractivity contribution < 1.29 is 9.59 Å². The number of Topliss-reactive ketones (excluding diaryl/α,β-unsaturated/α-hetero) is 2. The molecule has 31 heavy (non-hydrogen) atoms. The molecule has 5 heteroatoms. The highest BCUT2D eigenvalue weighted by molar-refractivity contribution is 6.17. The fourth-order valence-corrected chi connectivity index (χ4v) is 3.75. The Kier molecular flexibility index (Phi) is 5.63. The molecular formula is C26H21N3O2. The quantitative estimate of drug-likeness (QED) is 0.572. The zero-order valence-corrected chi connectivity index (χ0v) is 17.2. The summed E-state index contributed by atoms with van der Waals surface area (Å²) in [5, 5.41) is 9.04. The average Bonchev–Trinajstić information content (AvgIpc) is 3.15. The zero-order chi connectivity index (χ0) is 21.8. The van der Waals surface area contributed by atoms with Crippen LogP contribution in [-0.2, 0) is 6.54 Å². The Morgan fingerprint density at radius 1 is 0.806 bits per heavy atom. The van der Waals surface area contributed by atoms with Gasteiger partial charge in [0.1, 0.15) is 11.4 Å². The highest BCUT2D eigenvalue weighted by Gasteiger charge is 2.36. The maximum Gasteiger partial charge on any atom is 0.211 e. The van der Waals surface area contributed by atoms with Crippen LogP contribution in [0.2, 0.25) is 0 Å². The first-order valence-electron chi connectivity index (χ1n) is 9.97. The first kappa shape index (κ1) is 20.1. The number of rotatable bonds is 6. The predicted molar refractivity (Wildman–Crippen MR) is 118 cm³/mol. The highest BCUT2D eigenvalue weighted by atomic mass is 16.1. The van der Waals surface area contributed by atoms with Crippen molar-refractivity contribution in [1.29, 1.82) is 5.26 Å². The van der Waals surface area contributed by atoms with Gasteiger partial charge in [0, 0.05) is 24.7 Å². The molecule has 5 nitrogen and oxygen atoms in total. The summed E-state index contributed by atoms with van der Waals surface area (Å²) in [4.78, 5) is 30.6. The fourth-order valence-electron chi connectivity index (χ4n) is 3.75. The van der Waals surface area contributed by atoms with Crippen LogP contribution >= 0.6 is 0 Å². The van der Waals surface area contributed by atoms with E-state index in [4.69, 9.17) is 5.26 Å².